The van der Waals surface area contributed by atoms with Crippen molar-refractivity contribution in [1.29, 1.82) is 0 Å². The van der Waals surface area contributed by atoms with Crippen LogP contribution in [0.4, 0.5) is 0 Å². The molecule has 0 radical (unpaired) electrons. The van der Waals surface area contributed by atoms with Gasteiger partial charge in [-0.25, -0.2) is 14.8 Å². The Bertz CT molecular complexity index is 1320. The van der Waals surface area contributed by atoms with E-state index >= 15 is 0 Å². The zero-order valence-electron chi connectivity index (χ0n) is 26.8. The molecular weight excluding hydrogens is 562 g/mol. The minimum Gasteiger partial charge on any atom is -0.481 e. The molecule has 2 aromatic rings. The number of carboxylic acid groups (broad SMARTS) is 1. The standard InChI is InChI=1S/C34H47N3O7/c1-20(2)44-31-24(13-10-15-35-31)27-29(43-19-23-17-22(21-11-9-12-21)18-36-30(23)41-6)26(34(3,4)5)28(33(39)40)37(27)32(38)25-14-7-8-16-42-25/h10,13,15,17-18,20-21,25-29H,7-9,11-12,14,16,19H2,1-6H3,(H,39,40)/t25-,26-,27+,28+,29+/m1/s1. The van der Waals surface area contributed by atoms with Crippen molar-refractivity contribution in [3.05, 3.63) is 47.3 Å². The summed E-state index contributed by atoms with van der Waals surface area (Å²) in [6.07, 6.45) is 7.62. The molecule has 2 aromatic heterocycles. The fourth-order valence-corrected chi connectivity index (χ4v) is 6.92. The van der Waals surface area contributed by atoms with Gasteiger partial charge in [0, 0.05) is 36.0 Å². The van der Waals surface area contributed by atoms with Crippen molar-refractivity contribution in [3.8, 4) is 11.8 Å². The number of nitrogens with zero attached hydrogens (tertiary/aromatic N) is 3. The van der Waals surface area contributed by atoms with Gasteiger partial charge in [0.2, 0.25) is 11.8 Å². The van der Waals surface area contributed by atoms with Gasteiger partial charge in [-0.2, -0.15) is 0 Å². The fourth-order valence-electron chi connectivity index (χ4n) is 6.92. The summed E-state index contributed by atoms with van der Waals surface area (Å²) in [6, 6.07) is 3.80. The molecule has 44 heavy (non-hydrogen) atoms. The highest BCUT2D eigenvalue weighted by Crippen LogP contribution is 2.51. The molecule has 1 aliphatic carbocycles. The second kappa shape index (κ2) is 13.4. The molecule has 0 bridgehead atoms. The molecule has 3 aliphatic rings. The Hall–Kier alpha value is -3.24. The van der Waals surface area contributed by atoms with Crippen LogP contribution >= 0.6 is 0 Å². The summed E-state index contributed by atoms with van der Waals surface area (Å²) in [4.78, 5) is 38.2. The number of hydrogen-bond acceptors (Lipinski definition) is 8. The fraction of sp³-hybridized carbons (Fsp3) is 0.647. The predicted molar refractivity (Wildman–Crippen MR) is 164 cm³/mol. The Labute approximate surface area is 260 Å². The molecular formula is C34H47N3O7. The van der Waals surface area contributed by atoms with E-state index in [2.05, 4.69) is 16.0 Å². The topological polar surface area (TPSA) is 120 Å². The molecule has 1 amide bonds. The number of likely N-dealkylation sites (tertiary alicyclic amines) is 1. The lowest BCUT2D eigenvalue weighted by molar-refractivity contribution is -0.159. The summed E-state index contributed by atoms with van der Waals surface area (Å²) in [6.45, 7) is 10.4. The SMILES string of the molecule is COc1ncc(C2CCC2)cc1CO[C@H]1[C@H](C(C)(C)C)[C@@H](C(=O)O)N(C(=O)[C@H]2CCCCO2)[C@H]1c1cccnc1OC(C)C. The van der Waals surface area contributed by atoms with E-state index in [0.717, 1.165) is 36.8 Å². The molecule has 0 spiro atoms. The number of carboxylic acids is 1. The van der Waals surface area contributed by atoms with Gasteiger partial charge in [-0.15, -0.1) is 0 Å². The van der Waals surface area contributed by atoms with Gasteiger partial charge in [-0.05, 0) is 81.0 Å². The van der Waals surface area contributed by atoms with Gasteiger partial charge in [-0.1, -0.05) is 27.2 Å². The van der Waals surface area contributed by atoms with Gasteiger partial charge < -0.3 is 29.0 Å². The largest absolute Gasteiger partial charge is 0.481 e. The van der Waals surface area contributed by atoms with E-state index in [1.165, 1.54) is 11.3 Å². The first kappa shape index (κ1) is 32.2. The number of rotatable bonds is 10. The average Bonchev–Trinajstić information content (AvgIpc) is 3.31. The van der Waals surface area contributed by atoms with Crippen molar-refractivity contribution in [2.24, 2.45) is 11.3 Å². The van der Waals surface area contributed by atoms with E-state index in [0.29, 0.717) is 36.3 Å². The highest BCUT2D eigenvalue weighted by atomic mass is 16.5. The number of hydrogen-bond donors (Lipinski definition) is 1. The number of carbonyl (C=O) groups excluding carboxylic acids is 1. The van der Waals surface area contributed by atoms with Gasteiger partial charge in [0.15, 0.2) is 0 Å². The van der Waals surface area contributed by atoms with Crippen LogP contribution in [0.3, 0.4) is 0 Å². The molecule has 2 saturated heterocycles. The zero-order valence-corrected chi connectivity index (χ0v) is 26.8. The molecule has 0 unspecified atom stereocenters. The normalized spacial score (nSPS) is 26.0. The molecule has 3 fully saturated rings. The second-order valence-corrected chi connectivity index (χ2v) is 13.6. The minimum absolute atomic E-state index is 0.138. The van der Waals surface area contributed by atoms with Crippen molar-refractivity contribution >= 4 is 11.9 Å². The van der Waals surface area contributed by atoms with E-state index in [1.54, 1.807) is 19.4 Å². The van der Waals surface area contributed by atoms with Crippen molar-refractivity contribution in [1.82, 2.24) is 14.9 Å². The van der Waals surface area contributed by atoms with Gasteiger partial charge in [0.25, 0.3) is 5.91 Å². The van der Waals surface area contributed by atoms with Crippen LogP contribution in [0.5, 0.6) is 11.8 Å². The summed E-state index contributed by atoms with van der Waals surface area (Å²) >= 11 is 0. The van der Waals surface area contributed by atoms with Crippen molar-refractivity contribution in [2.45, 2.75) is 116 Å². The molecule has 10 heteroatoms. The number of pyridine rings is 2. The molecule has 1 saturated carbocycles. The first-order valence-corrected chi connectivity index (χ1v) is 15.9. The first-order chi connectivity index (χ1) is 21.0. The average molecular weight is 610 g/mol. The molecule has 240 valence electrons. The Kier molecular flexibility index (Phi) is 9.80. The second-order valence-electron chi connectivity index (χ2n) is 13.6. The van der Waals surface area contributed by atoms with E-state index in [1.807, 2.05) is 46.9 Å². The summed E-state index contributed by atoms with van der Waals surface area (Å²) in [5.41, 5.74) is 2.01. The lowest BCUT2D eigenvalue weighted by Gasteiger charge is -2.35. The lowest BCUT2D eigenvalue weighted by atomic mass is 9.73. The zero-order chi connectivity index (χ0) is 31.6. The van der Waals surface area contributed by atoms with Crippen LogP contribution in [0.2, 0.25) is 0 Å². The van der Waals surface area contributed by atoms with Crippen LogP contribution in [0, 0.1) is 11.3 Å². The van der Waals surface area contributed by atoms with Crippen molar-refractivity contribution < 1.29 is 33.6 Å². The maximum atomic E-state index is 14.4. The Morgan fingerprint density at radius 2 is 1.89 bits per heavy atom. The van der Waals surface area contributed by atoms with E-state index in [-0.39, 0.29) is 18.6 Å². The number of methoxy groups -OCH3 is 1. The summed E-state index contributed by atoms with van der Waals surface area (Å²) < 4.78 is 24.5. The Balaban J connectivity index is 1.62. The minimum atomic E-state index is -1.16. The quantitative estimate of drug-likeness (QED) is 0.362. The van der Waals surface area contributed by atoms with E-state index < -0.39 is 41.6 Å². The van der Waals surface area contributed by atoms with Crippen molar-refractivity contribution in [3.63, 3.8) is 0 Å². The van der Waals surface area contributed by atoms with Gasteiger partial charge in [0.05, 0.1) is 32.0 Å². The summed E-state index contributed by atoms with van der Waals surface area (Å²) in [5, 5.41) is 10.8. The predicted octanol–water partition coefficient (Wildman–Crippen LogP) is 5.69. The van der Waals surface area contributed by atoms with Crippen molar-refractivity contribution in [2.75, 3.05) is 13.7 Å². The van der Waals surface area contributed by atoms with Gasteiger partial charge in [-0.3, -0.25) is 4.79 Å². The lowest BCUT2D eigenvalue weighted by Crippen LogP contribution is -2.51. The first-order valence-electron chi connectivity index (χ1n) is 15.9. The van der Waals surface area contributed by atoms with Crippen LogP contribution in [-0.2, 0) is 25.7 Å². The number of aliphatic carboxylic acids is 1. The highest BCUT2D eigenvalue weighted by Gasteiger charge is 2.60. The number of amides is 1. The summed E-state index contributed by atoms with van der Waals surface area (Å²) in [7, 11) is 1.58. The van der Waals surface area contributed by atoms with Crippen LogP contribution in [0.15, 0.2) is 30.6 Å². The number of ether oxygens (including phenoxy) is 4. The summed E-state index contributed by atoms with van der Waals surface area (Å²) in [5.74, 6) is -0.690. The van der Waals surface area contributed by atoms with E-state index in [4.69, 9.17) is 18.9 Å². The van der Waals surface area contributed by atoms with Gasteiger partial charge >= 0.3 is 5.97 Å². The highest BCUT2D eigenvalue weighted by molar-refractivity contribution is 5.88. The molecule has 5 rings (SSSR count). The molecule has 2 aliphatic heterocycles. The Morgan fingerprint density at radius 3 is 2.48 bits per heavy atom. The third-order valence-electron chi connectivity index (χ3n) is 9.18. The Morgan fingerprint density at radius 1 is 1.11 bits per heavy atom. The van der Waals surface area contributed by atoms with E-state index in [9.17, 15) is 14.7 Å². The third kappa shape index (κ3) is 6.56. The molecule has 0 aromatic carbocycles. The maximum Gasteiger partial charge on any atom is 0.326 e. The van der Waals surface area contributed by atoms with Crippen LogP contribution in [0.1, 0.15) is 102 Å². The third-order valence-corrected chi connectivity index (χ3v) is 9.18. The van der Waals surface area contributed by atoms with Crippen LogP contribution in [-0.4, -0.2) is 69.9 Å². The number of aromatic nitrogens is 2. The monoisotopic (exact) mass is 609 g/mol. The molecule has 4 heterocycles. The van der Waals surface area contributed by atoms with Gasteiger partial charge in [0.1, 0.15) is 12.1 Å². The molecule has 1 N–H and O–H groups in total. The smallest absolute Gasteiger partial charge is 0.326 e. The van der Waals surface area contributed by atoms with Crippen LogP contribution in [0.25, 0.3) is 0 Å². The molecule has 10 nitrogen and oxygen atoms in total. The van der Waals surface area contributed by atoms with Crippen LogP contribution < -0.4 is 9.47 Å². The molecule has 5 atom stereocenters. The number of carbonyl (C=O) groups is 2. The maximum absolute atomic E-state index is 14.4.